The second kappa shape index (κ2) is 7.05. The fraction of sp³-hybridized carbons (Fsp3) is 0.867. The Labute approximate surface area is 121 Å². The van der Waals surface area contributed by atoms with Crippen LogP contribution < -0.4 is 10.6 Å². The predicted molar refractivity (Wildman–Crippen MR) is 78.1 cm³/mol. The lowest BCUT2D eigenvalue weighted by atomic mass is 9.92. The van der Waals surface area contributed by atoms with Crippen LogP contribution in [0.25, 0.3) is 0 Å². The quantitative estimate of drug-likeness (QED) is 0.756. The first-order valence-corrected chi connectivity index (χ1v) is 7.82. The van der Waals surface area contributed by atoms with Crippen molar-refractivity contribution in [3.63, 3.8) is 0 Å². The van der Waals surface area contributed by atoms with Crippen molar-refractivity contribution in [2.24, 2.45) is 0 Å². The van der Waals surface area contributed by atoms with E-state index in [1.54, 1.807) is 0 Å². The molecule has 2 fully saturated rings. The van der Waals surface area contributed by atoms with Gasteiger partial charge in [-0.15, -0.1) is 0 Å². The third-order valence-corrected chi connectivity index (χ3v) is 4.54. The molecule has 0 spiro atoms. The Bertz CT molecular complexity index is 369. The third kappa shape index (κ3) is 3.94. The van der Waals surface area contributed by atoms with Gasteiger partial charge in [0.2, 0.25) is 5.91 Å². The number of rotatable bonds is 3. The lowest BCUT2D eigenvalue weighted by Gasteiger charge is -2.34. The maximum absolute atomic E-state index is 12.3. The molecule has 0 bridgehead atoms. The van der Waals surface area contributed by atoms with E-state index in [4.69, 9.17) is 0 Å². The number of carbonyl (C=O) groups is 1. The highest BCUT2D eigenvalue weighted by Crippen LogP contribution is 2.26. The highest BCUT2D eigenvalue weighted by atomic mass is 16.2. The zero-order chi connectivity index (χ0) is 14.4. The van der Waals surface area contributed by atoms with Gasteiger partial charge in [-0.1, -0.05) is 25.7 Å². The lowest BCUT2D eigenvalue weighted by molar-refractivity contribution is -0.124. The number of hydrogen-bond acceptors (Lipinski definition) is 4. The molecule has 2 rings (SSSR count). The molecule has 1 aliphatic carbocycles. The molecule has 5 nitrogen and oxygen atoms in total. The topological polar surface area (TPSA) is 68.2 Å². The van der Waals surface area contributed by atoms with Gasteiger partial charge in [0.25, 0.3) is 0 Å². The molecule has 1 amide bonds. The molecule has 112 valence electrons. The zero-order valence-corrected chi connectivity index (χ0v) is 12.5. The first-order valence-electron chi connectivity index (χ1n) is 7.82. The van der Waals surface area contributed by atoms with Crippen molar-refractivity contribution >= 4 is 5.91 Å². The van der Waals surface area contributed by atoms with E-state index in [1.165, 1.54) is 12.8 Å². The summed E-state index contributed by atoms with van der Waals surface area (Å²) in [5.74, 6) is 0.00204. The SMILES string of the molecule is C[C@@H]1CNCCN1CC(=O)NC1(C#N)CCCCCC1. The maximum Gasteiger partial charge on any atom is 0.235 e. The number of nitriles is 1. The van der Waals surface area contributed by atoms with E-state index in [-0.39, 0.29) is 5.91 Å². The fourth-order valence-electron chi connectivity index (χ4n) is 3.21. The number of piperazine rings is 1. The average Bonchev–Trinajstić information content (AvgIpc) is 2.67. The first-order chi connectivity index (χ1) is 9.65. The summed E-state index contributed by atoms with van der Waals surface area (Å²) in [4.78, 5) is 14.5. The molecule has 2 aliphatic rings. The van der Waals surface area contributed by atoms with Gasteiger partial charge in [-0.25, -0.2) is 0 Å². The normalized spacial score (nSPS) is 27.3. The highest BCUT2D eigenvalue weighted by Gasteiger charge is 2.33. The van der Waals surface area contributed by atoms with E-state index in [2.05, 4.69) is 28.5 Å². The van der Waals surface area contributed by atoms with E-state index in [9.17, 15) is 10.1 Å². The zero-order valence-electron chi connectivity index (χ0n) is 12.5. The number of amides is 1. The van der Waals surface area contributed by atoms with Crippen molar-refractivity contribution in [2.45, 2.75) is 57.0 Å². The summed E-state index contributed by atoms with van der Waals surface area (Å²) < 4.78 is 0. The van der Waals surface area contributed by atoms with Crippen LogP contribution in [0.4, 0.5) is 0 Å². The van der Waals surface area contributed by atoms with Crippen LogP contribution in [0.1, 0.15) is 45.4 Å². The number of nitrogens with zero attached hydrogens (tertiary/aromatic N) is 2. The average molecular weight is 278 g/mol. The smallest absolute Gasteiger partial charge is 0.235 e. The number of hydrogen-bond donors (Lipinski definition) is 2. The van der Waals surface area contributed by atoms with Gasteiger partial charge in [-0.3, -0.25) is 9.69 Å². The summed E-state index contributed by atoms with van der Waals surface area (Å²) in [5, 5.41) is 15.8. The van der Waals surface area contributed by atoms with Crippen molar-refractivity contribution in [3.05, 3.63) is 0 Å². The van der Waals surface area contributed by atoms with Gasteiger partial charge >= 0.3 is 0 Å². The third-order valence-electron chi connectivity index (χ3n) is 4.54. The summed E-state index contributed by atoms with van der Waals surface area (Å²) in [6.07, 6.45) is 6.02. The molecule has 1 atom stereocenters. The molecule has 2 N–H and O–H groups in total. The first kappa shape index (κ1) is 15.3. The van der Waals surface area contributed by atoms with Crippen molar-refractivity contribution < 1.29 is 4.79 Å². The minimum Gasteiger partial charge on any atom is -0.337 e. The van der Waals surface area contributed by atoms with Gasteiger partial charge in [0, 0.05) is 25.7 Å². The molecule has 0 unspecified atom stereocenters. The minimum atomic E-state index is -0.620. The molecule has 1 saturated carbocycles. The van der Waals surface area contributed by atoms with Gasteiger partial charge in [-0.05, 0) is 19.8 Å². The maximum atomic E-state index is 12.3. The summed E-state index contributed by atoms with van der Waals surface area (Å²) >= 11 is 0. The van der Waals surface area contributed by atoms with Crippen LogP contribution in [0.3, 0.4) is 0 Å². The molecule has 1 heterocycles. The van der Waals surface area contributed by atoms with E-state index >= 15 is 0 Å². The van der Waals surface area contributed by atoms with Crippen molar-refractivity contribution in [1.82, 2.24) is 15.5 Å². The molecule has 0 aromatic heterocycles. The molecule has 5 heteroatoms. The van der Waals surface area contributed by atoms with E-state index in [0.717, 1.165) is 45.3 Å². The minimum absolute atomic E-state index is 0.00204. The van der Waals surface area contributed by atoms with Crippen LogP contribution in [0.5, 0.6) is 0 Å². The molecule has 0 aromatic carbocycles. The van der Waals surface area contributed by atoms with E-state index < -0.39 is 5.54 Å². The van der Waals surface area contributed by atoms with Crippen LogP contribution in [0.2, 0.25) is 0 Å². The molecule has 1 aliphatic heterocycles. The Balaban J connectivity index is 1.90. The second-order valence-corrected chi connectivity index (χ2v) is 6.18. The van der Waals surface area contributed by atoms with E-state index in [1.807, 2.05) is 0 Å². The Hall–Kier alpha value is -1.12. The van der Waals surface area contributed by atoms with Crippen molar-refractivity contribution in [2.75, 3.05) is 26.2 Å². The standard InChI is InChI=1S/C15H26N4O/c1-13-10-17-8-9-19(13)11-14(20)18-15(12-16)6-4-2-3-5-7-15/h13,17H,2-11H2,1H3,(H,18,20)/t13-/m1/s1. The molecular formula is C15H26N4O. The van der Waals surface area contributed by atoms with Crippen LogP contribution >= 0.6 is 0 Å². The monoisotopic (exact) mass is 278 g/mol. The van der Waals surface area contributed by atoms with Crippen LogP contribution in [0.15, 0.2) is 0 Å². The summed E-state index contributed by atoms with van der Waals surface area (Å²) in [6.45, 7) is 5.29. The van der Waals surface area contributed by atoms with Crippen molar-refractivity contribution in [3.8, 4) is 6.07 Å². The Morgan fingerprint density at radius 3 is 2.70 bits per heavy atom. The molecule has 20 heavy (non-hydrogen) atoms. The van der Waals surface area contributed by atoms with Gasteiger partial charge in [0.05, 0.1) is 12.6 Å². The molecular weight excluding hydrogens is 252 g/mol. The van der Waals surface area contributed by atoms with Crippen LogP contribution in [-0.4, -0.2) is 48.6 Å². The van der Waals surface area contributed by atoms with Gasteiger partial charge in [0.15, 0.2) is 0 Å². The number of nitrogens with one attached hydrogen (secondary N) is 2. The Kier molecular flexibility index (Phi) is 5.38. The lowest BCUT2D eigenvalue weighted by Crippen LogP contribution is -2.55. The van der Waals surface area contributed by atoms with E-state index in [0.29, 0.717) is 12.6 Å². The predicted octanol–water partition coefficient (Wildman–Crippen LogP) is 1.01. The summed E-state index contributed by atoms with van der Waals surface area (Å²) in [5.41, 5.74) is -0.620. The van der Waals surface area contributed by atoms with Gasteiger partial charge in [0.1, 0.15) is 5.54 Å². The van der Waals surface area contributed by atoms with Crippen molar-refractivity contribution in [1.29, 1.82) is 5.26 Å². The summed E-state index contributed by atoms with van der Waals surface area (Å²) in [7, 11) is 0. The highest BCUT2D eigenvalue weighted by molar-refractivity contribution is 5.79. The summed E-state index contributed by atoms with van der Waals surface area (Å²) in [6, 6.07) is 2.75. The molecule has 0 radical (unpaired) electrons. The Morgan fingerprint density at radius 2 is 2.10 bits per heavy atom. The van der Waals surface area contributed by atoms with Crippen LogP contribution in [-0.2, 0) is 4.79 Å². The second-order valence-electron chi connectivity index (χ2n) is 6.18. The number of carbonyl (C=O) groups excluding carboxylic acids is 1. The van der Waals surface area contributed by atoms with Crippen LogP contribution in [0, 0.1) is 11.3 Å². The van der Waals surface area contributed by atoms with Gasteiger partial charge in [-0.2, -0.15) is 5.26 Å². The fourth-order valence-corrected chi connectivity index (χ4v) is 3.21. The Morgan fingerprint density at radius 1 is 1.40 bits per heavy atom. The van der Waals surface area contributed by atoms with Gasteiger partial charge < -0.3 is 10.6 Å². The molecule has 1 saturated heterocycles. The largest absolute Gasteiger partial charge is 0.337 e. The molecule has 0 aromatic rings.